The second kappa shape index (κ2) is 5.40. The van der Waals surface area contributed by atoms with E-state index in [2.05, 4.69) is 58.2 Å². The Bertz CT molecular complexity index is 515. The van der Waals surface area contributed by atoms with Gasteiger partial charge in [0.05, 0.1) is 18.8 Å². The summed E-state index contributed by atoms with van der Waals surface area (Å²) in [5.41, 5.74) is 2.40. The van der Waals surface area contributed by atoms with E-state index in [1.807, 2.05) is 10.9 Å². The molecule has 94 valence electrons. The Labute approximate surface area is 120 Å². The normalized spacial score (nSPS) is 19.9. The fraction of sp³-hybridized carbons (Fsp3) is 0.357. The van der Waals surface area contributed by atoms with Gasteiger partial charge in [0.1, 0.15) is 0 Å². The number of hydrogen-bond donors (Lipinski definition) is 0. The Morgan fingerprint density at radius 3 is 2.78 bits per heavy atom. The van der Waals surface area contributed by atoms with E-state index in [9.17, 15) is 0 Å². The Morgan fingerprint density at radius 1 is 1.22 bits per heavy atom. The van der Waals surface area contributed by atoms with Crippen molar-refractivity contribution < 1.29 is 4.74 Å². The number of halogens is 1. The molecule has 1 fully saturated rings. The topological polar surface area (TPSA) is 27.1 Å². The molecule has 0 N–H and O–H groups in total. The molecule has 1 unspecified atom stereocenters. The number of ether oxygens (including phenoxy) is 1. The number of aromatic nitrogens is 2. The fourth-order valence-electron chi connectivity index (χ4n) is 2.26. The second-order valence-corrected chi connectivity index (χ2v) is 5.83. The van der Waals surface area contributed by atoms with Gasteiger partial charge in [-0.3, -0.25) is 4.68 Å². The zero-order valence-corrected chi connectivity index (χ0v) is 12.2. The lowest BCUT2D eigenvalue weighted by atomic mass is 10.1. The van der Waals surface area contributed by atoms with Crippen molar-refractivity contribution in [3.63, 3.8) is 0 Å². The molecule has 0 amide bonds. The van der Waals surface area contributed by atoms with Gasteiger partial charge in [0.2, 0.25) is 0 Å². The molecule has 1 aliphatic rings. The largest absolute Gasteiger partial charge is 0.379 e. The molecule has 2 aromatic rings. The Kier molecular flexibility index (Phi) is 3.65. The predicted molar refractivity (Wildman–Crippen MR) is 79.5 cm³/mol. The summed E-state index contributed by atoms with van der Waals surface area (Å²) in [6.07, 6.45) is 6.36. The molecule has 0 saturated carbocycles. The highest BCUT2D eigenvalue weighted by atomic mass is 127. The maximum Gasteiger partial charge on any atom is 0.0753 e. The summed E-state index contributed by atoms with van der Waals surface area (Å²) in [4.78, 5) is 0. The molecular formula is C14H15IN2O. The van der Waals surface area contributed by atoms with Gasteiger partial charge >= 0.3 is 0 Å². The molecule has 1 aromatic carbocycles. The number of hydrogen-bond acceptors (Lipinski definition) is 2. The van der Waals surface area contributed by atoms with Gasteiger partial charge in [0.15, 0.2) is 0 Å². The van der Waals surface area contributed by atoms with Crippen LogP contribution < -0.4 is 0 Å². The second-order valence-electron chi connectivity index (χ2n) is 4.59. The van der Waals surface area contributed by atoms with E-state index in [1.54, 1.807) is 0 Å². The lowest BCUT2D eigenvalue weighted by Crippen LogP contribution is -2.21. The van der Waals surface area contributed by atoms with Crippen LogP contribution in [0.15, 0.2) is 36.7 Å². The average Bonchev–Trinajstić information content (AvgIpc) is 2.90. The first-order valence-electron chi connectivity index (χ1n) is 6.21. The van der Waals surface area contributed by atoms with Crippen LogP contribution in [0.5, 0.6) is 0 Å². The third-order valence-electron chi connectivity index (χ3n) is 3.29. The molecule has 1 saturated heterocycles. The van der Waals surface area contributed by atoms with Crippen molar-refractivity contribution in [3.05, 3.63) is 40.2 Å². The van der Waals surface area contributed by atoms with E-state index in [4.69, 9.17) is 4.74 Å². The molecule has 0 radical (unpaired) electrons. The zero-order valence-electron chi connectivity index (χ0n) is 10.1. The van der Waals surface area contributed by atoms with Gasteiger partial charge in [0, 0.05) is 21.9 Å². The quantitative estimate of drug-likeness (QED) is 0.772. The predicted octanol–water partition coefficient (Wildman–Crippen LogP) is 3.51. The van der Waals surface area contributed by atoms with Crippen LogP contribution in [0, 0.1) is 3.57 Å². The SMILES string of the molecule is Ic1ccc(-c2cnn(C3CCCOC3)c2)cc1. The highest BCUT2D eigenvalue weighted by molar-refractivity contribution is 14.1. The van der Waals surface area contributed by atoms with E-state index in [0.29, 0.717) is 6.04 Å². The monoisotopic (exact) mass is 354 g/mol. The van der Waals surface area contributed by atoms with Crippen LogP contribution in [0.25, 0.3) is 11.1 Å². The highest BCUT2D eigenvalue weighted by Crippen LogP contribution is 2.24. The number of benzene rings is 1. The van der Waals surface area contributed by atoms with Crippen molar-refractivity contribution in [2.45, 2.75) is 18.9 Å². The zero-order chi connectivity index (χ0) is 12.4. The van der Waals surface area contributed by atoms with Crippen molar-refractivity contribution in [1.82, 2.24) is 9.78 Å². The summed E-state index contributed by atoms with van der Waals surface area (Å²) < 4.78 is 8.81. The summed E-state index contributed by atoms with van der Waals surface area (Å²) in [6, 6.07) is 8.92. The minimum absolute atomic E-state index is 0.399. The molecule has 3 nitrogen and oxygen atoms in total. The minimum atomic E-state index is 0.399. The van der Waals surface area contributed by atoms with E-state index in [-0.39, 0.29) is 0 Å². The van der Waals surface area contributed by atoms with Gasteiger partial charge in [-0.05, 0) is 53.1 Å². The van der Waals surface area contributed by atoms with E-state index >= 15 is 0 Å². The molecule has 0 aliphatic carbocycles. The van der Waals surface area contributed by atoms with Crippen molar-refractivity contribution in [3.8, 4) is 11.1 Å². The molecule has 18 heavy (non-hydrogen) atoms. The van der Waals surface area contributed by atoms with E-state index < -0.39 is 0 Å². The van der Waals surface area contributed by atoms with Gasteiger partial charge < -0.3 is 4.74 Å². The van der Waals surface area contributed by atoms with Crippen LogP contribution >= 0.6 is 22.6 Å². The first-order chi connectivity index (χ1) is 8.83. The third-order valence-corrected chi connectivity index (χ3v) is 4.01. The molecule has 1 aliphatic heterocycles. The van der Waals surface area contributed by atoms with Crippen molar-refractivity contribution in [2.24, 2.45) is 0 Å². The highest BCUT2D eigenvalue weighted by Gasteiger charge is 2.16. The minimum Gasteiger partial charge on any atom is -0.379 e. The summed E-state index contributed by atoms with van der Waals surface area (Å²) in [5.74, 6) is 0. The smallest absolute Gasteiger partial charge is 0.0753 e. The lowest BCUT2D eigenvalue weighted by molar-refractivity contribution is 0.0549. The van der Waals surface area contributed by atoms with Crippen molar-refractivity contribution in [1.29, 1.82) is 0 Å². The van der Waals surface area contributed by atoms with Gasteiger partial charge in [-0.25, -0.2) is 0 Å². The van der Waals surface area contributed by atoms with E-state index in [1.165, 1.54) is 14.7 Å². The van der Waals surface area contributed by atoms with Crippen molar-refractivity contribution in [2.75, 3.05) is 13.2 Å². The summed E-state index contributed by atoms with van der Waals surface area (Å²) in [7, 11) is 0. The van der Waals surface area contributed by atoms with E-state index in [0.717, 1.165) is 26.1 Å². The van der Waals surface area contributed by atoms with Crippen LogP contribution in [0.3, 0.4) is 0 Å². The summed E-state index contributed by atoms with van der Waals surface area (Å²) in [6.45, 7) is 1.68. The van der Waals surface area contributed by atoms with Gasteiger partial charge in [-0.1, -0.05) is 12.1 Å². The fourth-order valence-corrected chi connectivity index (χ4v) is 2.62. The Hall–Kier alpha value is -0.880. The molecule has 1 atom stereocenters. The van der Waals surface area contributed by atoms with Gasteiger partial charge in [-0.2, -0.15) is 5.10 Å². The standard InChI is InChI=1S/C14H15IN2O/c15-13-5-3-11(4-6-13)12-8-16-17(9-12)14-2-1-7-18-10-14/h3-6,8-9,14H,1-2,7,10H2. The Morgan fingerprint density at radius 2 is 2.06 bits per heavy atom. The maximum absolute atomic E-state index is 5.51. The molecule has 3 rings (SSSR count). The summed E-state index contributed by atoms with van der Waals surface area (Å²) in [5, 5.41) is 4.47. The Balaban J connectivity index is 1.82. The molecular weight excluding hydrogens is 339 g/mol. The van der Waals surface area contributed by atoms with Crippen molar-refractivity contribution >= 4 is 22.6 Å². The van der Waals surface area contributed by atoms with Gasteiger partial charge in [-0.15, -0.1) is 0 Å². The number of nitrogens with zero attached hydrogens (tertiary/aromatic N) is 2. The van der Waals surface area contributed by atoms with Crippen LogP contribution in [0.1, 0.15) is 18.9 Å². The molecule has 2 heterocycles. The maximum atomic E-state index is 5.51. The summed E-state index contributed by atoms with van der Waals surface area (Å²) >= 11 is 2.32. The lowest BCUT2D eigenvalue weighted by Gasteiger charge is -2.22. The van der Waals surface area contributed by atoms with Gasteiger partial charge in [0.25, 0.3) is 0 Å². The van der Waals surface area contributed by atoms with Crippen LogP contribution in [-0.4, -0.2) is 23.0 Å². The van der Waals surface area contributed by atoms with Crippen LogP contribution in [-0.2, 0) is 4.74 Å². The third kappa shape index (κ3) is 2.59. The van der Waals surface area contributed by atoms with Crippen LogP contribution in [0.2, 0.25) is 0 Å². The van der Waals surface area contributed by atoms with Crippen LogP contribution in [0.4, 0.5) is 0 Å². The first kappa shape index (κ1) is 12.2. The molecule has 0 spiro atoms. The first-order valence-corrected chi connectivity index (χ1v) is 7.28. The molecule has 1 aromatic heterocycles. The number of rotatable bonds is 2. The molecule has 4 heteroatoms. The average molecular weight is 354 g/mol. The molecule has 0 bridgehead atoms.